The minimum atomic E-state index is 0.223. The summed E-state index contributed by atoms with van der Waals surface area (Å²) in [4.78, 5) is 3.71. The Labute approximate surface area is 45.4 Å². The number of aliphatic imine (C=N–C) groups is 1. The number of nitrogens with zero attached hydrogens (tertiary/aromatic N) is 1. The van der Waals surface area contributed by atoms with E-state index in [2.05, 4.69) is 16.8 Å². The van der Waals surface area contributed by atoms with Crippen LogP contribution < -0.4 is 0 Å². The van der Waals surface area contributed by atoms with Crippen LogP contribution in [0.4, 0.5) is 0 Å². The highest BCUT2D eigenvalue weighted by molar-refractivity contribution is 5.23. The fraction of sp³-hybridized carbons (Fsp3) is 0.800. The van der Waals surface area contributed by atoms with Crippen LogP contribution in [-0.4, -0.2) is 25.9 Å². The van der Waals surface area contributed by atoms with Crippen molar-refractivity contribution in [2.45, 2.75) is 19.4 Å². The van der Waals surface area contributed by atoms with Crippen LogP contribution in [0.5, 0.6) is 0 Å². The van der Waals surface area contributed by atoms with Gasteiger partial charge in [-0.15, -0.1) is 0 Å². The molecule has 1 unspecified atom stereocenters. The van der Waals surface area contributed by atoms with Gasteiger partial charge in [0.25, 0.3) is 0 Å². The lowest BCUT2D eigenvalue weighted by molar-refractivity contribution is 0.279. The van der Waals surface area contributed by atoms with Crippen molar-refractivity contribution in [1.29, 1.82) is 1.43 Å². The molecule has 2 heteroatoms. The molecule has 7 heavy (non-hydrogen) atoms. The van der Waals surface area contributed by atoms with Crippen LogP contribution in [0.1, 0.15) is 13.3 Å². The zero-order valence-corrected chi connectivity index (χ0v) is 4.55. The average molecular weight is 103 g/mol. The van der Waals surface area contributed by atoms with Crippen molar-refractivity contribution in [2.75, 3.05) is 6.61 Å². The first-order valence-corrected chi connectivity index (χ1v) is 2.35. The van der Waals surface area contributed by atoms with E-state index in [4.69, 9.17) is 1.43 Å². The van der Waals surface area contributed by atoms with Crippen LogP contribution >= 0.6 is 0 Å². The molecule has 0 aromatic carbocycles. The van der Waals surface area contributed by atoms with Gasteiger partial charge in [-0.05, 0) is 20.1 Å². The highest BCUT2D eigenvalue weighted by Crippen LogP contribution is 1.91. The van der Waals surface area contributed by atoms with Gasteiger partial charge in [0.2, 0.25) is 1.43 Å². The molecule has 1 N–H and O–H groups in total. The minimum absolute atomic E-state index is 0.223. The third-order valence-electron chi connectivity index (χ3n) is 0.847. The summed E-state index contributed by atoms with van der Waals surface area (Å²) in [6.07, 6.45) is 0.785. The molecular weight excluding hydrogens is 90.1 g/mol. The Morgan fingerprint density at radius 1 is 2.14 bits per heavy atom. The van der Waals surface area contributed by atoms with Gasteiger partial charge in [0.15, 0.2) is 0 Å². The zero-order chi connectivity index (χ0) is 6.41. The topological polar surface area (TPSA) is 32.6 Å². The second-order valence-corrected chi connectivity index (χ2v) is 1.52. The van der Waals surface area contributed by atoms with Crippen LogP contribution in [0.15, 0.2) is 4.99 Å². The molecule has 0 aliphatic carbocycles. The van der Waals surface area contributed by atoms with Gasteiger partial charge < -0.3 is 5.11 Å². The Kier molecular flexibility index (Phi) is 2.60. The molecule has 42 valence electrons. The lowest BCUT2D eigenvalue weighted by atomic mass is 10.3. The van der Waals surface area contributed by atoms with E-state index >= 15 is 0 Å². The summed E-state index contributed by atoms with van der Waals surface area (Å²) in [7, 11) is 0. The van der Waals surface area contributed by atoms with Crippen molar-refractivity contribution in [1.82, 2.24) is 0 Å². The predicted molar refractivity (Wildman–Crippen MR) is 30.7 cm³/mol. The van der Waals surface area contributed by atoms with E-state index in [-0.39, 0.29) is 6.04 Å². The minimum Gasteiger partial charge on any atom is -0.396 e. The van der Waals surface area contributed by atoms with Crippen molar-refractivity contribution >= 4 is 6.72 Å². The van der Waals surface area contributed by atoms with Crippen molar-refractivity contribution in [2.24, 2.45) is 4.99 Å². The van der Waals surface area contributed by atoms with Gasteiger partial charge in [-0.1, -0.05) is 0 Å². The van der Waals surface area contributed by atoms with Gasteiger partial charge in [0, 0.05) is 12.6 Å². The first-order valence-electron chi connectivity index (χ1n) is 2.76. The summed E-state index contributed by atoms with van der Waals surface area (Å²) in [5.41, 5.74) is 0. The first kappa shape index (κ1) is 4.78. The Hall–Kier alpha value is -0.370. The smallest absolute Gasteiger partial charge is 0.210 e. The van der Waals surface area contributed by atoms with Crippen LogP contribution in [0.25, 0.3) is 0 Å². The molecule has 2 nitrogen and oxygen atoms in total. The highest BCUT2D eigenvalue weighted by atomic mass is 16.3. The molecule has 0 rings (SSSR count). The fourth-order valence-corrected chi connectivity index (χ4v) is 0.262. The Balaban J connectivity index is 2.98. The van der Waals surface area contributed by atoms with E-state index in [1.807, 2.05) is 6.92 Å². The summed E-state index contributed by atoms with van der Waals surface area (Å²) in [5, 5.41) is 4.08. The predicted octanol–water partition coefficient (Wildman–Crippen LogP) is 0.458. The van der Waals surface area contributed by atoms with Crippen molar-refractivity contribution in [3.8, 4) is 0 Å². The molecule has 0 aliphatic heterocycles. The SMILES string of the molecule is [3H]OCCC(C)N=C. The van der Waals surface area contributed by atoms with Gasteiger partial charge in [-0.2, -0.15) is 0 Å². The van der Waals surface area contributed by atoms with Crippen molar-refractivity contribution in [3.05, 3.63) is 0 Å². The van der Waals surface area contributed by atoms with Gasteiger partial charge >= 0.3 is 0 Å². The molecule has 0 bridgehead atoms. The second-order valence-electron chi connectivity index (χ2n) is 1.52. The molecule has 1 atom stereocenters. The molecule has 0 aliphatic rings. The van der Waals surface area contributed by atoms with Crippen LogP contribution in [0.3, 0.4) is 0 Å². The third-order valence-corrected chi connectivity index (χ3v) is 0.847. The van der Waals surface area contributed by atoms with E-state index in [0.29, 0.717) is 6.61 Å². The Morgan fingerprint density at radius 2 is 2.86 bits per heavy atom. The average Bonchev–Trinajstić information content (AvgIpc) is 1.83. The number of aliphatic hydroxyl groups is 1. The van der Waals surface area contributed by atoms with E-state index in [0.717, 1.165) is 6.42 Å². The quantitative estimate of drug-likeness (QED) is 0.515. The maximum atomic E-state index is 6.31. The highest BCUT2D eigenvalue weighted by Gasteiger charge is 1.91. The number of hydrogen-bond donors (Lipinski definition) is 1. The van der Waals surface area contributed by atoms with Gasteiger partial charge in [0.05, 0.1) is 0 Å². The summed E-state index contributed by atoms with van der Waals surface area (Å²) in [5.74, 6) is 0. The summed E-state index contributed by atoms with van der Waals surface area (Å²) in [6, 6.07) is 0.223. The molecule has 0 spiro atoms. The second kappa shape index (κ2) is 3.81. The maximum Gasteiger partial charge on any atom is 0.210 e. The maximum absolute atomic E-state index is 6.31. The lowest BCUT2D eigenvalue weighted by Crippen LogP contribution is -1.98. The number of rotatable bonds is 4. The molecule has 0 aromatic heterocycles. The molecule has 0 saturated heterocycles. The van der Waals surface area contributed by atoms with E-state index < -0.39 is 0 Å². The summed E-state index contributed by atoms with van der Waals surface area (Å²) in [6.45, 7) is 5.73. The molecule has 0 heterocycles. The van der Waals surface area contributed by atoms with E-state index in [9.17, 15) is 0 Å². The van der Waals surface area contributed by atoms with Crippen molar-refractivity contribution in [3.63, 3.8) is 0 Å². The monoisotopic (exact) mass is 103 g/mol. The van der Waals surface area contributed by atoms with Crippen molar-refractivity contribution < 1.29 is 5.11 Å². The zero-order valence-electron chi connectivity index (χ0n) is 5.55. The standard InChI is InChI=1S/C5H11NO/c1-5(6-2)3-4-7/h5,7H,2-4H2,1H3/i7T. The third kappa shape index (κ3) is 3.46. The van der Waals surface area contributed by atoms with E-state index in [1.165, 1.54) is 0 Å². The molecule has 0 amide bonds. The van der Waals surface area contributed by atoms with Crippen LogP contribution in [0, 0.1) is 0 Å². The summed E-state index contributed by atoms with van der Waals surface area (Å²) >= 11 is 0. The van der Waals surface area contributed by atoms with Crippen LogP contribution in [0.2, 0.25) is 0 Å². The van der Waals surface area contributed by atoms with Gasteiger partial charge in [-0.3, -0.25) is 4.99 Å². The van der Waals surface area contributed by atoms with Crippen LogP contribution in [-0.2, 0) is 0 Å². The Morgan fingerprint density at radius 3 is 3.29 bits per heavy atom. The number of aliphatic hydroxyl groups excluding tert-OH is 1. The molecule has 0 fully saturated rings. The molecule has 0 radical (unpaired) electrons. The normalized spacial score (nSPS) is 15.3. The van der Waals surface area contributed by atoms with E-state index in [1.54, 1.807) is 0 Å². The fourth-order valence-electron chi connectivity index (χ4n) is 0.262. The van der Waals surface area contributed by atoms with Gasteiger partial charge in [0.1, 0.15) is 0 Å². The van der Waals surface area contributed by atoms with Gasteiger partial charge in [-0.25, -0.2) is 0 Å². The first-order chi connectivity index (χ1) is 3.81. The Bertz CT molecular complexity index is 67.4. The molecule has 0 saturated carbocycles. The summed E-state index contributed by atoms with van der Waals surface area (Å²) < 4.78 is 6.31. The largest absolute Gasteiger partial charge is 0.396 e. The molecular formula is C5H11NO. The lowest BCUT2D eigenvalue weighted by Gasteiger charge is -1.97. The molecule has 0 aromatic rings. The number of hydrogen-bond acceptors (Lipinski definition) is 2.